The highest BCUT2D eigenvalue weighted by molar-refractivity contribution is 5.94. The summed E-state index contributed by atoms with van der Waals surface area (Å²) in [6.07, 6.45) is 2.81. The van der Waals surface area contributed by atoms with Crippen molar-refractivity contribution in [3.8, 4) is 5.69 Å². The fourth-order valence-corrected chi connectivity index (χ4v) is 3.58. The number of amides is 1. The Hall–Kier alpha value is -2.70. The minimum Gasteiger partial charge on any atom is -0.481 e. The molecule has 1 aromatic carbocycles. The van der Waals surface area contributed by atoms with Gasteiger partial charge in [0.15, 0.2) is 5.69 Å². The largest absolute Gasteiger partial charge is 0.481 e. The zero-order chi connectivity index (χ0) is 19.6. The van der Waals surface area contributed by atoms with Gasteiger partial charge < -0.3 is 10.4 Å². The molecule has 27 heavy (non-hydrogen) atoms. The Morgan fingerprint density at radius 2 is 2.04 bits per heavy atom. The van der Waals surface area contributed by atoms with E-state index in [1.165, 1.54) is 10.7 Å². The summed E-state index contributed by atoms with van der Waals surface area (Å²) in [5.74, 6) is -2.16. The molecule has 1 aromatic heterocycles. The van der Waals surface area contributed by atoms with Crippen LogP contribution in [0.3, 0.4) is 0 Å². The SMILES string of the molecule is CC(C)CC(CNC(=O)c1nn(-c2ccccc2F)c2c1CCC2)C(=O)O. The highest BCUT2D eigenvalue weighted by atomic mass is 19.1. The van der Waals surface area contributed by atoms with Crippen LogP contribution in [0.15, 0.2) is 24.3 Å². The minimum absolute atomic E-state index is 0.0493. The number of aromatic nitrogens is 2. The number of carboxylic acid groups (broad SMARTS) is 1. The zero-order valence-electron chi connectivity index (χ0n) is 15.5. The number of aliphatic carboxylic acids is 1. The van der Waals surface area contributed by atoms with Crippen LogP contribution in [0.1, 0.15) is 48.4 Å². The number of halogens is 1. The van der Waals surface area contributed by atoms with Crippen molar-refractivity contribution < 1.29 is 19.1 Å². The normalized spacial score (nSPS) is 14.2. The van der Waals surface area contributed by atoms with Crippen molar-refractivity contribution in [2.24, 2.45) is 11.8 Å². The molecule has 0 saturated carbocycles. The Labute approximate surface area is 157 Å². The molecule has 144 valence electrons. The van der Waals surface area contributed by atoms with Crippen LogP contribution in [-0.4, -0.2) is 33.3 Å². The highest BCUT2D eigenvalue weighted by Gasteiger charge is 2.28. The summed E-state index contributed by atoms with van der Waals surface area (Å²) in [6, 6.07) is 6.33. The van der Waals surface area contributed by atoms with Crippen LogP contribution in [0.25, 0.3) is 5.69 Å². The number of hydrogen-bond acceptors (Lipinski definition) is 3. The zero-order valence-corrected chi connectivity index (χ0v) is 15.5. The average Bonchev–Trinajstić information content (AvgIpc) is 3.21. The van der Waals surface area contributed by atoms with Gasteiger partial charge in [-0.05, 0) is 43.7 Å². The molecule has 0 fully saturated rings. The van der Waals surface area contributed by atoms with Crippen molar-refractivity contribution in [1.29, 1.82) is 0 Å². The van der Waals surface area contributed by atoms with E-state index in [0.717, 1.165) is 24.1 Å². The summed E-state index contributed by atoms with van der Waals surface area (Å²) < 4.78 is 15.7. The predicted octanol–water partition coefficient (Wildman–Crippen LogP) is 2.98. The van der Waals surface area contributed by atoms with Crippen LogP contribution in [0.2, 0.25) is 0 Å². The molecule has 3 rings (SSSR count). The molecule has 1 unspecified atom stereocenters. The van der Waals surface area contributed by atoms with Gasteiger partial charge in [-0.3, -0.25) is 9.59 Å². The lowest BCUT2D eigenvalue weighted by Gasteiger charge is -2.15. The lowest BCUT2D eigenvalue weighted by atomic mass is 9.97. The summed E-state index contributed by atoms with van der Waals surface area (Å²) in [4.78, 5) is 24.1. The Morgan fingerprint density at radius 3 is 2.70 bits per heavy atom. The van der Waals surface area contributed by atoms with Crippen LogP contribution in [-0.2, 0) is 17.6 Å². The van der Waals surface area contributed by atoms with E-state index in [1.54, 1.807) is 18.2 Å². The minimum atomic E-state index is -0.925. The average molecular weight is 373 g/mol. The van der Waals surface area contributed by atoms with Gasteiger partial charge in [0, 0.05) is 17.8 Å². The third-order valence-corrected chi connectivity index (χ3v) is 4.84. The van der Waals surface area contributed by atoms with E-state index < -0.39 is 23.6 Å². The second-order valence-electron chi connectivity index (χ2n) is 7.37. The van der Waals surface area contributed by atoms with Gasteiger partial charge in [-0.25, -0.2) is 9.07 Å². The molecule has 0 aliphatic heterocycles. The first kappa shape index (κ1) is 19.1. The molecule has 7 heteroatoms. The van der Waals surface area contributed by atoms with Gasteiger partial charge in [0.05, 0.1) is 5.92 Å². The maximum Gasteiger partial charge on any atom is 0.308 e. The third-order valence-electron chi connectivity index (χ3n) is 4.84. The van der Waals surface area contributed by atoms with E-state index in [2.05, 4.69) is 10.4 Å². The molecule has 2 aromatic rings. The number of rotatable bonds is 7. The second kappa shape index (κ2) is 7.90. The molecular formula is C20H24FN3O3. The summed E-state index contributed by atoms with van der Waals surface area (Å²) in [5.41, 5.74) is 2.26. The van der Waals surface area contributed by atoms with Crippen LogP contribution >= 0.6 is 0 Å². The first-order chi connectivity index (χ1) is 12.9. The van der Waals surface area contributed by atoms with Crippen LogP contribution < -0.4 is 5.32 Å². The van der Waals surface area contributed by atoms with Gasteiger partial charge in [0.1, 0.15) is 11.5 Å². The first-order valence-electron chi connectivity index (χ1n) is 9.25. The van der Waals surface area contributed by atoms with E-state index in [0.29, 0.717) is 18.5 Å². The molecule has 0 bridgehead atoms. The van der Waals surface area contributed by atoms with Crippen molar-refractivity contribution in [1.82, 2.24) is 15.1 Å². The number of carboxylic acids is 1. The summed E-state index contributed by atoms with van der Waals surface area (Å²) in [5, 5.41) is 16.4. The summed E-state index contributed by atoms with van der Waals surface area (Å²) >= 11 is 0. The molecule has 0 spiro atoms. The standard InChI is InChI=1S/C20H24FN3O3/c1-12(2)10-13(20(26)27)11-22-19(25)18-14-6-5-9-16(14)24(23-18)17-8-4-3-7-15(17)21/h3-4,7-8,12-13H,5-6,9-11H2,1-2H3,(H,22,25)(H,26,27). The van der Waals surface area contributed by atoms with Crippen LogP contribution in [0.5, 0.6) is 0 Å². The van der Waals surface area contributed by atoms with E-state index in [-0.39, 0.29) is 18.2 Å². The molecule has 0 radical (unpaired) electrons. The molecule has 1 heterocycles. The quantitative estimate of drug-likeness (QED) is 0.781. The monoisotopic (exact) mass is 373 g/mol. The molecule has 0 saturated heterocycles. The fraction of sp³-hybridized carbons (Fsp3) is 0.450. The van der Waals surface area contributed by atoms with Crippen molar-refractivity contribution in [3.05, 3.63) is 47.0 Å². The maximum absolute atomic E-state index is 14.2. The van der Waals surface area contributed by atoms with Crippen LogP contribution in [0.4, 0.5) is 4.39 Å². The number of carbonyl (C=O) groups excluding carboxylic acids is 1. The van der Waals surface area contributed by atoms with Gasteiger partial charge >= 0.3 is 5.97 Å². The Bertz CT molecular complexity index is 860. The van der Waals surface area contributed by atoms with Gasteiger partial charge in [0.2, 0.25) is 0 Å². The fourth-order valence-electron chi connectivity index (χ4n) is 3.58. The topological polar surface area (TPSA) is 84.2 Å². The van der Waals surface area contributed by atoms with Crippen LogP contribution in [0, 0.1) is 17.7 Å². The van der Waals surface area contributed by atoms with Gasteiger partial charge in [-0.2, -0.15) is 5.10 Å². The smallest absolute Gasteiger partial charge is 0.308 e. The third kappa shape index (κ3) is 4.02. The van der Waals surface area contributed by atoms with Crippen molar-refractivity contribution in [2.45, 2.75) is 39.5 Å². The van der Waals surface area contributed by atoms with Gasteiger partial charge in [0.25, 0.3) is 5.91 Å². The maximum atomic E-state index is 14.2. The molecule has 1 aliphatic rings. The number of para-hydroxylation sites is 1. The van der Waals surface area contributed by atoms with E-state index in [1.807, 2.05) is 13.8 Å². The number of carbonyl (C=O) groups is 2. The van der Waals surface area contributed by atoms with Crippen molar-refractivity contribution in [3.63, 3.8) is 0 Å². The molecule has 6 nitrogen and oxygen atoms in total. The lowest BCUT2D eigenvalue weighted by Crippen LogP contribution is -2.34. The number of nitrogens with zero attached hydrogens (tertiary/aromatic N) is 2. The van der Waals surface area contributed by atoms with E-state index >= 15 is 0 Å². The second-order valence-corrected chi connectivity index (χ2v) is 7.37. The Kier molecular flexibility index (Phi) is 5.58. The molecule has 1 atom stereocenters. The number of nitrogens with one attached hydrogen (secondary N) is 1. The van der Waals surface area contributed by atoms with Crippen molar-refractivity contribution >= 4 is 11.9 Å². The predicted molar refractivity (Wildman–Crippen MR) is 98.5 cm³/mol. The Morgan fingerprint density at radius 1 is 1.30 bits per heavy atom. The molecule has 1 aliphatic carbocycles. The molecule has 1 amide bonds. The number of fused-ring (bicyclic) bond motifs is 1. The van der Waals surface area contributed by atoms with Crippen molar-refractivity contribution in [2.75, 3.05) is 6.54 Å². The molecule has 2 N–H and O–H groups in total. The van der Waals surface area contributed by atoms with Gasteiger partial charge in [-0.15, -0.1) is 0 Å². The lowest BCUT2D eigenvalue weighted by molar-refractivity contribution is -0.142. The first-order valence-corrected chi connectivity index (χ1v) is 9.25. The Balaban J connectivity index is 1.83. The highest BCUT2D eigenvalue weighted by Crippen LogP contribution is 2.28. The van der Waals surface area contributed by atoms with E-state index in [4.69, 9.17) is 0 Å². The summed E-state index contributed by atoms with van der Waals surface area (Å²) in [6.45, 7) is 3.94. The summed E-state index contributed by atoms with van der Waals surface area (Å²) in [7, 11) is 0. The number of benzene rings is 1. The number of hydrogen-bond donors (Lipinski definition) is 2. The van der Waals surface area contributed by atoms with E-state index in [9.17, 15) is 19.1 Å². The molecular weight excluding hydrogens is 349 g/mol. The van der Waals surface area contributed by atoms with Gasteiger partial charge in [-0.1, -0.05) is 26.0 Å².